The fourth-order valence-electron chi connectivity index (χ4n) is 2.13. The monoisotopic (exact) mass is 240 g/mol. The third kappa shape index (κ3) is 2.19. The van der Waals surface area contributed by atoms with Crippen molar-refractivity contribution in [3.8, 4) is 0 Å². The molecule has 0 amide bonds. The normalized spacial score (nSPS) is 14.1. The van der Waals surface area contributed by atoms with Crippen LogP contribution in [0.1, 0.15) is 16.8 Å². The number of nitrogens with one attached hydrogen (secondary N) is 2. The van der Waals surface area contributed by atoms with Crippen LogP contribution in [0.4, 0.5) is 11.6 Å². The van der Waals surface area contributed by atoms with Crippen molar-refractivity contribution in [2.75, 3.05) is 11.9 Å². The third-order valence-electron chi connectivity index (χ3n) is 3.21. The molecule has 1 aliphatic heterocycles. The highest BCUT2D eigenvalue weighted by Crippen LogP contribution is 2.19. The van der Waals surface area contributed by atoms with Gasteiger partial charge in [-0.3, -0.25) is 0 Å². The van der Waals surface area contributed by atoms with E-state index in [1.165, 1.54) is 11.1 Å². The molecule has 0 bridgehead atoms. The Morgan fingerprint density at radius 3 is 3.06 bits per heavy atom. The molecule has 0 saturated carbocycles. The minimum absolute atomic E-state index is 0.673. The Morgan fingerprint density at radius 2 is 2.17 bits per heavy atom. The molecule has 0 fully saturated rings. The van der Waals surface area contributed by atoms with E-state index in [1.807, 2.05) is 24.4 Å². The van der Waals surface area contributed by atoms with Crippen LogP contribution in [-0.2, 0) is 13.0 Å². The lowest BCUT2D eigenvalue weighted by molar-refractivity contribution is 0.624. The molecule has 0 radical (unpaired) electrons. The van der Waals surface area contributed by atoms with Crippen molar-refractivity contribution >= 4 is 11.6 Å². The molecule has 0 unspecified atom stereocenters. The summed E-state index contributed by atoms with van der Waals surface area (Å²) >= 11 is 0. The SMILES string of the molecule is Cc1ccccc1Nc1ncc2c(n1)CNCC2. The summed E-state index contributed by atoms with van der Waals surface area (Å²) in [5.74, 6) is 0.673. The predicted molar refractivity (Wildman–Crippen MR) is 71.9 cm³/mol. The highest BCUT2D eigenvalue weighted by atomic mass is 15.1. The summed E-state index contributed by atoms with van der Waals surface area (Å²) in [5.41, 5.74) is 4.61. The second-order valence-corrected chi connectivity index (χ2v) is 4.53. The van der Waals surface area contributed by atoms with Crippen LogP contribution >= 0.6 is 0 Å². The van der Waals surface area contributed by atoms with Crippen molar-refractivity contribution < 1.29 is 0 Å². The fourth-order valence-corrected chi connectivity index (χ4v) is 2.13. The summed E-state index contributed by atoms with van der Waals surface area (Å²) in [4.78, 5) is 8.94. The van der Waals surface area contributed by atoms with E-state index in [0.717, 1.165) is 30.9 Å². The lowest BCUT2D eigenvalue weighted by Crippen LogP contribution is -2.25. The van der Waals surface area contributed by atoms with E-state index in [9.17, 15) is 0 Å². The van der Waals surface area contributed by atoms with E-state index in [-0.39, 0.29) is 0 Å². The third-order valence-corrected chi connectivity index (χ3v) is 3.21. The van der Waals surface area contributed by atoms with Crippen LogP contribution in [-0.4, -0.2) is 16.5 Å². The topological polar surface area (TPSA) is 49.8 Å². The molecule has 3 rings (SSSR count). The summed E-state index contributed by atoms with van der Waals surface area (Å²) in [6, 6.07) is 8.14. The summed E-state index contributed by atoms with van der Waals surface area (Å²) < 4.78 is 0. The maximum atomic E-state index is 4.56. The molecule has 0 aliphatic carbocycles. The van der Waals surface area contributed by atoms with Crippen LogP contribution in [0, 0.1) is 6.92 Å². The Kier molecular flexibility index (Phi) is 2.94. The molecule has 2 aromatic rings. The number of para-hydroxylation sites is 1. The summed E-state index contributed by atoms with van der Waals surface area (Å²) in [7, 11) is 0. The number of hydrogen-bond acceptors (Lipinski definition) is 4. The second-order valence-electron chi connectivity index (χ2n) is 4.53. The number of anilines is 2. The van der Waals surface area contributed by atoms with Gasteiger partial charge < -0.3 is 10.6 Å². The highest BCUT2D eigenvalue weighted by molar-refractivity contribution is 5.58. The Morgan fingerprint density at radius 1 is 1.28 bits per heavy atom. The zero-order valence-corrected chi connectivity index (χ0v) is 10.4. The molecule has 4 heteroatoms. The molecule has 2 N–H and O–H groups in total. The second kappa shape index (κ2) is 4.74. The molecule has 4 nitrogen and oxygen atoms in total. The van der Waals surface area contributed by atoms with Crippen LogP contribution in [0.2, 0.25) is 0 Å². The van der Waals surface area contributed by atoms with Crippen molar-refractivity contribution in [1.82, 2.24) is 15.3 Å². The molecule has 0 atom stereocenters. The number of fused-ring (bicyclic) bond motifs is 1. The summed E-state index contributed by atoms with van der Waals surface area (Å²) in [6.07, 6.45) is 2.95. The quantitative estimate of drug-likeness (QED) is 0.844. The zero-order chi connectivity index (χ0) is 12.4. The van der Waals surface area contributed by atoms with Gasteiger partial charge in [-0.25, -0.2) is 9.97 Å². The van der Waals surface area contributed by atoms with E-state index >= 15 is 0 Å². The molecular weight excluding hydrogens is 224 g/mol. The first-order valence-corrected chi connectivity index (χ1v) is 6.21. The average Bonchev–Trinajstić information content (AvgIpc) is 2.41. The zero-order valence-electron chi connectivity index (χ0n) is 10.4. The maximum Gasteiger partial charge on any atom is 0.227 e. The number of aromatic nitrogens is 2. The van der Waals surface area contributed by atoms with Crippen LogP contribution in [0.15, 0.2) is 30.5 Å². The lowest BCUT2D eigenvalue weighted by Gasteiger charge is -2.16. The van der Waals surface area contributed by atoms with Gasteiger partial charge in [0.2, 0.25) is 5.95 Å². The molecular formula is C14H16N4. The average molecular weight is 240 g/mol. The van der Waals surface area contributed by atoms with Gasteiger partial charge >= 0.3 is 0 Å². The first kappa shape index (κ1) is 11.2. The molecule has 0 saturated heterocycles. The van der Waals surface area contributed by atoms with Crippen LogP contribution in [0.25, 0.3) is 0 Å². The summed E-state index contributed by atoms with van der Waals surface area (Å²) in [6.45, 7) is 3.92. The highest BCUT2D eigenvalue weighted by Gasteiger charge is 2.11. The Labute approximate surface area is 106 Å². The fraction of sp³-hybridized carbons (Fsp3) is 0.286. The molecule has 92 valence electrons. The van der Waals surface area contributed by atoms with Gasteiger partial charge in [0, 0.05) is 18.4 Å². The van der Waals surface area contributed by atoms with Gasteiger partial charge in [0.25, 0.3) is 0 Å². The van der Waals surface area contributed by atoms with Crippen LogP contribution < -0.4 is 10.6 Å². The number of nitrogens with zero attached hydrogens (tertiary/aromatic N) is 2. The Hall–Kier alpha value is -1.94. The number of aryl methyl sites for hydroxylation is 1. The number of hydrogen-bond donors (Lipinski definition) is 2. The van der Waals surface area contributed by atoms with Crippen LogP contribution in [0.5, 0.6) is 0 Å². The van der Waals surface area contributed by atoms with Crippen molar-refractivity contribution in [1.29, 1.82) is 0 Å². The molecule has 2 heterocycles. The van der Waals surface area contributed by atoms with Crippen molar-refractivity contribution in [2.45, 2.75) is 19.9 Å². The Bertz CT molecular complexity index is 565. The van der Waals surface area contributed by atoms with Gasteiger partial charge in [-0.15, -0.1) is 0 Å². The predicted octanol–water partition coefficient (Wildman–Crippen LogP) is 2.17. The minimum atomic E-state index is 0.673. The van der Waals surface area contributed by atoms with Gasteiger partial charge in [-0.1, -0.05) is 18.2 Å². The molecule has 1 aromatic heterocycles. The number of rotatable bonds is 2. The van der Waals surface area contributed by atoms with Gasteiger partial charge in [0.1, 0.15) is 0 Å². The molecule has 0 spiro atoms. The van der Waals surface area contributed by atoms with E-state index in [4.69, 9.17) is 0 Å². The van der Waals surface area contributed by atoms with E-state index < -0.39 is 0 Å². The smallest absolute Gasteiger partial charge is 0.227 e. The first-order valence-electron chi connectivity index (χ1n) is 6.21. The van der Waals surface area contributed by atoms with E-state index in [2.05, 4.69) is 33.6 Å². The lowest BCUT2D eigenvalue weighted by atomic mass is 10.1. The molecule has 18 heavy (non-hydrogen) atoms. The Balaban J connectivity index is 1.87. The maximum absolute atomic E-state index is 4.56. The largest absolute Gasteiger partial charge is 0.324 e. The van der Waals surface area contributed by atoms with Gasteiger partial charge in [0.05, 0.1) is 5.69 Å². The van der Waals surface area contributed by atoms with Crippen LogP contribution in [0.3, 0.4) is 0 Å². The van der Waals surface area contributed by atoms with Crippen molar-refractivity contribution in [3.05, 3.63) is 47.3 Å². The van der Waals surface area contributed by atoms with Gasteiger partial charge in [-0.2, -0.15) is 0 Å². The van der Waals surface area contributed by atoms with E-state index in [0.29, 0.717) is 5.95 Å². The van der Waals surface area contributed by atoms with Gasteiger partial charge in [0.15, 0.2) is 0 Å². The standard InChI is InChI=1S/C14H16N4/c1-10-4-2-3-5-12(10)17-14-16-8-11-6-7-15-9-13(11)18-14/h2-5,8,15H,6-7,9H2,1H3,(H,16,17,18). The van der Waals surface area contributed by atoms with E-state index in [1.54, 1.807) is 0 Å². The minimum Gasteiger partial charge on any atom is -0.324 e. The van der Waals surface area contributed by atoms with Crippen molar-refractivity contribution in [3.63, 3.8) is 0 Å². The van der Waals surface area contributed by atoms with Gasteiger partial charge in [-0.05, 0) is 37.1 Å². The number of benzene rings is 1. The summed E-state index contributed by atoms with van der Waals surface area (Å²) in [5, 5.41) is 6.60. The molecule has 1 aliphatic rings. The molecule has 1 aromatic carbocycles. The van der Waals surface area contributed by atoms with Crippen molar-refractivity contribution in [2.24, 2.45) is 0 Å². The first-order chi connectivity index (χ1) is 8.83.